The van der Waals surface area contributed by atoms with Crippen molar-refractivity contribution in [2.24, 2.45) is 0 Å². The van der Waals surface area contributed by atoms with E-state index < -0.39 is 22.6 Å². The van der Waals surface area contributed by atoms with Crippen molar-refractivity contribution in [2.75, 3.05) is 11.9 Å². The lowest BCUT2D eigenvalue weighted by molar-refractivity contribution is -0.389. The first-order valence-electron chi connectivity index (χ1n) is 10.9. The average Bonchev–Trinajstić information content (AvgIpc) is 3.28. The van der Waals surface area contributed by atoms with Gasteiger partial charge in [-0.1, -0.05) is 36.8 Å². The van der Waals surface area contributed by atoms with Gasteiger partial charge in [-0.2, -0.15) is 4.68 Å². The number of carbonyl (C=O) groups excluding carboxylic acids is 2. The zero-order chi connectivity index (χ0) is 23.4. The molecule has 10 heteroatoms. The van der Waals surface area contributed by atoms with Crippen LogP contribution in [0.4, 0.5) is 10.8 Å². The second kappa shape index (κ2) is 9.95. The molecule has 2 aromatic heterocycles. The standard InChI is InChI=1S/C23H24N4O5S/c1-2-32-23(29)20-16-11-7-4-8-12-18(16)33-22(20)24-21(28)17-13-19(27(30)31)25-26(17)14-15-9-5-3-6-10-15/h3,5-6,9-10,13H,2,4,7-8,11-12,14H2,1H3,(H,24,28). The molecular weight excluding hydrogens is 444 g/mol. The van der Waals surface area contributed by atoms with Crippen molar-refractivity contribution in [1.82, 2.24) is 9.78 Å². The normalized spacial score (nSPS) is 13.1. The van der Waals surface area contributed by atoms with Crippen LogP contribution in [-0.2, 0) is 24.1 Å². The van der Waals surface area contributed by atoms with Crippen molar-refractivity contribution in [3.63, 3.8) is 0 Å². The van der Waals surface area contributed by atoms with E-state index in [1.807, 2.05) is 30.3 Å². The van der Waals surface area contributed by atoms with Gasteiger partial charge in [0.1, 0.15) is 5.00 Å². The number of esters is 1. The summed E-state index contributed by atoms with van der Waals surface area (Å²) in [7, 11) is 0. The monoisotopic (exact) mass is 468 g/mol. The van der Waals surface area contributed by atoms with Crippen LogP contribution in [0.25, 0.3) is 0 Å². The van der Waals surface area contributed by atoms with Gasteiger partial charge in [0.15, 0.2) is 5.69 Å². The van der Waals surface area contributed by atoms with Crippen LogP contribution in [0, 0.1) is 10.1 Å². The van der Waals surface area contributed by atoms with Crippen molar-refractivity contribution < 1.29 is 19.2 Å². The molecule has 1 aliphatic carbocycles. The summed E-state index contributed by atoms with van der Waals surface area (Å²) in [6.07, 6.45) is 4.69. The van der Waals surface area contributed by atoms with Gasteiger partial charge in [0, 0.05) is 4.88 Å². The number of nitro groups is 1. The van der Waals surface area contributed by atoms with Crippen molar-refractivity contribution in [2.45, 2.75) is 45.6 Å². The number of nitrogens with one attached hydrogen (secondary N) is 1. The van der Waals surface area contributed by atoms with Gasteiger partial charge in [-0.15, -0.1) is 11.3 Å². The molecule has 4 rings (SSSR count). The minimum Gasteiger partial charge on any atom is -0.462 e. The first-order valence-corrected chi connectivity index (χ1v) is 11.7. The fourth-order valence-electron chi connectivity index (χ4n) is 3.97. The van der Waals surface area contributed by atoms with E-state index in [0.717, 1.165) is 54.2 Å². The summed E-state index contributed by atoms with van der Waals surface area (Å²) < 4.78 is 6.58. The molecule has 3 aromatic rings. The summed E-state index contributed by atoms with van der Waals surface area (Å²) >= 11 is 1.38. The number of thiophene rings is 1. The number of hydrogen-bond donors (Lipinski definition) is 1. The molecule has 0 unspecified atom stereocenters. The van der Waals surface area contributed by atoms with E-state index in [9.17, 15) is 19.7 Å². The minimum absolute atomic E-state index is 0.0453. The van der Waals surface area contributed by atoms with E-state index in [-0.39, 0.29) is 18.8 Å². The Morgan fingerprint density at radius 3 is 2.70 bits per heavy atom. The van der Waals surface area contributed by atoms with Crippen LogP contribution in [0.3, 0.4) is 0 Å². The Balaban J connectivity index is 1.68. The van der Waals surface area contributed by atoms with Gasteiger partial charge < -0.3 is 20.2 Å². The number of hydrogen-bond acceptors (Lipinski definition) is 7. The van der Waals surface area contributed by atoms with Gasteiger partial charge in [-0.25, -0.2) is 4.79 Å². The Kier molecular flexibility index (Phi) is 6.83. The molecule has 0 atom stereocenters. The predicted octanol–water partition coefficient (Wildman–Crippen LogP) is 4.60. The molecule has 172 valence electrons. The van der Waals surface area contributed by atoms with E-state index in [4.69, 9.17) is 4.74 Å². The number of nitrogens with zero attached hydrogens (tertiary/aromatic N) is 3. The van der Waals surface area contributed by atoms with Crippen molar-refractivity contribution in [3.05, 3.63) is 73.8 Å². The zero-order valence-corrected chi connectivity index (χ0v) is 19.0. The van der Waals surface area contributed by atoms with Crippen LogP contribution in [0.2, 0.25) is 0 Å². The smallest absolute Gasteiger partial charge is 0.390 e. The summed E-state index contributed by atoms with van der Waals surface area (Å²) in [5.41, 5.74) is 2.23. The van der Waals surface area contributed by atoms with Crippen LogP contribution in [0.1, 0.15) is 63.0 Å². The molecule has 0 radical (unpaired) electrons. The van der Waals surface area contributed by atoms with Gasteiger partial charge in [-0.05, 0) is 48.7 Å². The molecule has 0 spiro atoms. The Bertz CT molecular complexity index is 1190. The molecule has 2 heterocycles. The average molecular weight is 469 g/mol. The number of anilines is 1. The largest absolute Gasteiger partial charge is 0.462 e. The zero-order valence-electron chi connectivity index (χ0n) is 18.2. The maximum atomic E-state index is 13.2. The lowest BCUT2D eigenvalue weighted by Crippen LogP contribution is -2.19. The first-order chi connectivity index (χ1) is 16.0. The number of amides is 1. The molecule has 0 saturated heterocycles. The van der Waals surface area contributed by atoms with Crippen LogP contribution in [-0.4, -0.2) is 33.2 Å². The highest BCUT2D eigenvalue weighted by Crippen LogP contribution is 2.38. The Hall–Kier alpha value is -3.53. The molecule has 0 saturated carbocycles. The highest BCUT2D eigenvalue weighted by Gasteiger charge is 2.29. The number of aryl methyl sites for hydroxylation is 1. The van der Waals surface area contributed by atoms with Crippen molar-refractivity contribution >= 4 is 34.0 Å². The van der Waals surface area contributed by atoms with Crippen molar-refractivity contribution in [1.29, 1.82) is 0 Å². The second-order valence-electron chi connectivity index (χ2n) is 7.73. The quantitative estimate of drug-likeness (QED) is 0.234. The fourth-order valence-corrected chi connectivity index (χ4v) is 5.24. The minimum atomic E-state index is -0.629. The third-order valence-electron chi connectivity index (χ3n) is 5.49. The molecule has 0 bridgehead atoms. The van der Waals surface area contributed by atoms with Gasteiger partial charge in [0.05, 0.1) is 29.9 Å². The Morgan fingerprint density at radius 1 is 1.21 bits per heavy atom. The highest BCUT2D eigenvalue weighted by atomic mass is 32.1. The number of aromatic nitrogens is 2. The van der Waals surface area contributed by atoms with Crippen molar-refractivity contribution in [3.8, 4) is 0 Å². The van der Waals surface area contributed by atoms with Gasteiger partial charge in [0.2, 0.25) is 0 Å². The van der Waals surface area contributed by atoms with E-state index in [1.54, 1.807) is 6.92 Å². The summed E-state index contributed by atoms with van der Waals surface area (Å²) in [6, 6.07) is 10.4. The highest BCUT2D eigenvalue weighted by molar-refractivity contribution is 7.17. The lowest BCUT2D eigenvalue weighted by atomic mass is 10.1. The fraction of sp³-hybridized carbons (Fsp3) is 0.348. The van der Waals surface area contributed by atoms with Crippen LogP contribution in [0.5, 0.6) is 0 Å². The van der Waals surface area contributed by atoms with E-state index in [1.165, 1.54) is 16.0 Å². The maximum absolute atomic E-state index is 13.2. The van der Waals surface area contributed by atoms with Crippen LogP contribution >= 0.6 is 11.3 Å². The SMILES string of the molecule is CCOC(=O)c1c(NC(=O)c2cc([N+](=O)[O-])nn2Cc2ccccc2)sc2c1CCCCC2. The van der Waals surface area contributed by atoms with Crippen LogP contribution in [0.15, 0.2) is 36.4 Å². The number of rotatable bonds is 7. The summed E-state index contributed by atoms with van der Waals surface area (Å²) in [5.74, 6) is -1.44. The number of ether oxygens (including phenoxy) is 1. The number of carbonyl (C=O) groups is 2. The molecule has 33 heavy (non-hydrogen) atoms. The molecule has 1 aliphatic rings. The second-order valence-corrected chi connectivity index (χ2v) is 8.84. The topological polar surface area (TPSA) is 116 Å². The van der Waals surface area contributed by atoms with Crippen LogP contribution < -0.4 is 5.32 Å². The molecule has 1 amide bonds. The van der Waals surface area contributed by atoms with E-state index in [0.29, 0.717) is 10.6 Å². The van der Waals surface area contributed by atoms with Gasteiger partial charge in [-0.3, -0.25) is 4.79 Å². The third-order valence-corrected chi connectivity index (χ3v) is 6.70. The van der Waals surface area contributed by atoms with Gasteiger partial charge >= 0.3 is 11.8 Å². The number of fused-ring (bicyclic) bond motifs is 1. The first kappa shape index (κ1) is 22.7. The molecule has 1 aromatic carbocycles. The lowest BCUT2D eigenvalue weighted by Gasteiger charge is -2.09. The maximum Gasteiger partial charge on any atom is 0.390 e. The molecule has 9 nitrogen and oxygen atoms in total. The third kappa shape index (κ3) is 4.95. The number of benzene rings is 1. The molecule has 0 fully saturated rings. The van der Waals surface area contributed by atoms with E-state index in [2.05, 4.69) is 10.4 Å². The summed E-state index contributed by atoms with van der Waals surface area (Å²) in [6.45, 7) is 2.17. The van der Waals surface area contributed by atoms with Gasteiger partial charge in [0.25, 0.3) is 5.91 Å². The predicted molar refractivity (Wildman–Crippen MR) is 124 cm³/mol. The molecule has 0 aliphatic heterocycles. The summed E-state index contributed by atoms with van der Waals surface area (Å²) in [5, 5.41) is 18.6. The molecule has 1 N–H and O–H groups in total. The van der Waals surface area contributed by atoms with E-state index >= 15 is 0 Å². The molecular formula is C23H24N4O5S. The summed E-state index contributed by atoms with van der Waals surface area (Å²) in [4.78, 5) is 37.8. The Morgan fingerprint density at radius 2 is 1.97 bits per heavy atom. The Labute approximate surface area is 194 Å².